The second kappa shape index (κ2) is 5.69. The van der Waals surface area contributed by atoms with Gasteiger partial charge in [-0.25, -0.2) is 5.06 Å². The van der Waals surface area contributed by atoms with Gasteiger partial charge in [-0.3, -0.25) is 14.4 Å². The number of rotatable bonds is 3. The molecule has 2 aliphatic rings. The van der Waals surface area contributed by atoms with Crippen LogP contribution in [0, 0.1) is 5.41 Å². The Hall–Kier alpha value is -1.10. The fourth-order valence-corrected chi connectivity index (χ4v) is 2.87. The Bertz CT molecular complexity index is 317. The molecule has 0 aromatic rings. The smallest absolute Gasteiger partial charge is 0.310 e. The zero-order valence-corrected chi connectivity index (χ0v) is 10.7. The minimum absolute atomic E-state index is 0.0856. The van der Waals surface area contributed by atoms with Gasteiger partial charge in [-0.15, -0.1) is 0 Å². The summed E-state index contributed by atoms with van der Waals surface area (Å²) >= 11 is 0. The quantitative estimate of drug-likeness (QED) is 0.837. The molecule has 2 rings (SSSR count). The van der Waals surface area contributed by atoms with E-state index < -0.39 is 11.4 Å². The van der Waals surface area contributed by atoms with Crippen LogP contribution in [-0.4, -0.2) is 35.2 Å². The molecule has 0 unspecified atom stereocenters. The number of aliphatic carboxylic acids is 1. The van der Waals surface area contributed by atoms with Crippen LogP contribution in [0.1, 0.15) is 51.4 Å². The van der Waals surface area contributed by atoms with Gasteiger partial charge in [-0.2, -0.15) is 0 Å². The molecule has 5 heteroatoms. The van der Waals surface area contributed by atoms with Crippen LogP contribution in [0.25, 0.3) is 0 Å². The van der Waals surface area contributed by atoms with E-state index in [0.29, 0.717) is 26.0 Å². The maximum Gasteiger partial charge on any atom is 0.310 e. The molecule has 0 aromatic carbocycles. The first-order valence-corrected chi connectivity index (χ1v) is 6.81. The summed E-state index contributed by atoms with van der Waals surface area (Å²) < 4.78 is 0. The molecule has 1 aliphatic carbocycles. The number of carbonyl (C=O) groups excluding carboxylic acids is 1. The molecule has 102 valence electrons. The van der Waals surface area contributed by atoms with Crippen LogP contribution in [0.3, 0.4) is 0 Å². The second-order valence-corrected chi connectivity index (χ2v) is 5.36. The number of carboxylic acid groups (broad SMARTS) is 1. The molecule has 0 radical (unpaired) electrons. The van der Waals surface area contributed by atoms with Gasteiger partial charge in [0.2, 0.25) is 5.91 Å². The number of hydrogen-bond acceptors (Lipinski definition) is 3. The average molecular weight is 255 g/mol. The molecular weight excluding hydrogens is 234 g/mol. The van der Waals surface area contributed by atoms with E-state index >= 15 is 0 Å². The standard InChI is InChI=1S/C13H21NO4/c15-11(14-8-4-5-9-18-14)10-13(12(16)17)6-2-1-3-7-13/h1-10H2,(H,16,17). The van der Waals surface area contributed by atoms with Gasteiger partial charge in [0.25, 0.3) is 0 Å². The first-order chi connectivity index (χ1) is 8.64. The number of nitrogens with zero attached hydrogens (tertiary/aromatic N) is 1. The molecule has 1 N–H and O–H groups in total. The van der Waals surface area contributed by atoms with Crippen molar-refractivity contribution in [2.24, 2.45) is 5.41 Å². The number of amides is 1. The highest BCUT2D eigenvalue weighted by Crippen LogP contribution is 2.40. The Kier molecular flexibility index (Phi) is 4.22. The molecule has 0 aromatic heterocycles. The molecule has 5 nitrogen and oxygen atoms in total. The summed E-state index contributed by atoms with van der Waals surface area (Å²) in [5.41, 5.74) is -0.851. The maximum atomic E-state index is 12.1. The molecule has 0 atom stereocenters. The van der Waals surface area contributed by atoms with Crippen LogP contribution in [-0.2, 0) is 14.4 Å². The lowest BCUT2D eigenvalue weighted by atomic mass is 9.71. The molecule has 2 fully saturated rings. The van der Waals surface area contributed by atoms with E-state index in [-0.39, 0.29) is 12.3 Å². The summed E-state index contributed by atoms with van der Waals surface area (Å²) in [6.45, 7) is 1.15. The van der Waals surface area contributed by atoms with Gasteiger partial charge in [-0.1, -0.05) is 19.3 Å². The van der Waals surface area contributed by atoms with Gasteiger partial charge >= 0.3 is 5.97 Å². The molecular formula is C13H21NO4. The van der Waals surface area contributed by atoms with Crippen LogP contribution < -0.4 is 0 Å². The van der Waals surface area contributed by atoms with Gasteiger partial charge in [-0.05, 0) is 25.7 Å². The van der Waals surface area contributed by atoms with E-state index in [1.807, 2.05) is 0 Å². The van der Waals surface area contributed by atoms with Gasteiger partial charge in [0.15, 0.2) is 0 Å². The summed E-state index contributed by atoms with van der Waals surface area (Å²) in [6.07, 6.45) is 6.09. The van der Waals surface area contributed by atoms with Crippen LogP contribution in [0.5, 0.6) is 0 Å². The zero-order chi connectivity index (χ0) is 13.0. The molecule has 1 aliphatic heterocycles. The first kappa shape index (κ1) is 13.3. The molecule has 1 heterocycles. The minimum atomic E-state index is -0.851. The van der Waals surface area contributed by atoms with Crippen LogP contribution in [0.15, 0.2) is 0 Å². The highest BCUT2D eigenvalue weighted by molar-refractivity contribution is 5.84. The predicted octanol–water partition coefficient (Wildman–Crippen LogP) is 1.97. The third kappa shape index (κ3) is 2.83. The highest BCUT2D eigenvalue weighted by atomic mass is 16.7. The average Bonchev–Trinajstić information content (AvgIpc) is 2.40. The lowest BCUT2D eigenvalue weighted by molar-refractivity contribution is -0.201. The maximum absolute atomic E-state index is 12.1. The van der Waals surface area contributed by atoms with Crippen molar-refractivity contribution in [1.82, 2.24) is 5.06 Å². The molecule has 0 spiro atoms. The summed E-state index contributed by atoms with van der Waals surface area (Å²) in [4.78, 5) is 28.9. The molecule has 0 bridgehead atoms. The molecule has 18 heavy (non-hydrogen) atoms. The van der Waals surface area contributed by atoms with Crippen molar-refractivity contribution in [3.63, 3.8) is 0 Å². The Morgan fingerprint density at radius 2 is 1.83 bits per heavy atom. The number of carboxylic acids is 1. The van der Waals surface area contributed by atoms with Gasteiger partial charge in [0.05, 0.1) is 12.0 Å². The van der Waals surface area contributed by atoms with Crippen molar-refractivity contribution < 1.29 is 19.5 Å². The van der Waals surface area contributed by atoms with E-state index in [2.05, 4.69) is 0 Å². The summed E-state index contributed by atoms with van der Waals surface area (Å²) in [6, 6.07) is 0. The van der Waals surface area contributed by atoms with E-state index in [0.717, 1.165) is 32.1 Å². The normalized spacial score (nSPS) is 23.7. The Morgan fingerprint density at radius 3 is 2.39 bits per heavy atom. The largest absolute Gasteiger partial charge is 0.481 e. The molecule has 1 amide bonds. The van der Waals surface area contributed by atoms with E-state index in [1.54, 1.807) is 0 Å². The zero-order valence-electron chi connectivity index (χ0n) is 10.7. The van der Waals surface area contributed by atoms with E-state index in [1.165, 1.54) is 5.06 Å². The summed E-state index contributed by atoms with van der Waals surface area (Å²) in [7, 11) is 0. The van der Waals surface area contributed by atoms with Crippen molar-refractivity contribution >= 4 is 11.9 Å². The Balaban J connectivity index is 1.99. The van der Waals surface area contributed by atoms with Crippen molar-refractivity contribution in [2.45, 2.75) is 51.4 Å². The fourth-order valence-electron chi connectivity index (χ4n) is 2.87. The number of carbonyl (C=O) groups is 2. The van der Waals surface area contributed by atoms with Crippen LogP contribution in [0.2, 0.25) is 0 Å². The number of hydrogen-bond donors (Lipinski definition) is 1. The van der Waals surface area contributed by atoms with Crippen LogP contribution in [0.4, 0.5) is 0 Å². The van der Waals surface area contributed by atoms with Crippen molar-refractivity contribution in [1.29, 1.82) is 0 Å². The predicted molar refractivity (Wildman–Crippen MR) is 64.7 cm³/mol. The first-order valence-electron chi connectivity index (χ1n) is 6.81. The second-order valence-electron chi connectivity index (χ2n) is 5.36. The summed E-state index contributed by atoms with van der Waals surface area (Å²) in [5, 5.41) is 10.8. The lowest BCUT2D eigenvalue weighted by Crippen LogP contribution is -2.42. The Labute approximate surface area is 107 Å². The molecule has 1 saturated heterocycles. The summed E-state index contributed by atoms with van der Waals surface area (Å²) in [5.74, 6) is -0.994. The van der Waals surface area contributed by atoms with Crippen molar-refractivity contribution in [2.75, 3.05) is 13.2 Å². The SMILES string of the molecule is O=C(CC1(C(=O)O)CCCCC1)N1CCCCO1. The van der Waals surface area contributed by atoms with Gasteiger partial charge in [0, 0.05) is 13.0 Å². The minimum Gasteiger partial charge on any atom is -0.481 e. The van der Waals surface area contributed by atoms with Crippen molar-refractivity contribution in [3.05, 3.63) is 0 Å². The topological polar surface area (TPSA) is 66.8 Å². The Morgan fingerprint density at radius 1 is 1.11 bits per heavy atom. The monoisotopic (exact) mass is 255 g/mol. The lowest BCUT2D eigenvalue weighted by Gasteiger charge is -2.35. The van der Waals surface area contributed by atoms with Gasteiger partial charge in [0.1, 0.15) is 0 Å². The third-order valence-electron chi connectivity index (χ3n) is 4.03. The highest BCUT2D eigenvalue weighted by Gasteiger charge is 2.42. The van der Waals surface area contributed by atoms with Crippen LogP contribution >= 0.6 is 0 Å². The van der Waals surface area contributed by atoms with E-state index in [4.69, 9.17) is 4.84 Å². The van der Waals surface area contributed by atoms with Gasteiger partial charge < -0.3 is 5.11 Å². The fraction of sp³-hybridized carbons (Fsp3) is 0.846. The van der Waals surface area contributed by atoms with Crippen molar-refractivity contribution in [3.8, 4) is 0 Å². The number of hydroxylamine groups is 2. The van der Waals surface area contributed by atoms with E-state index in [9.17, 15) is 14.7 Å². The third-order valence-corrected chi connectivity index (χ3v) is 4.03. The molecule has 1 saturated carbocycles.